The predicted molar refractivity (Wildman–Crippen MR) is 130 cm³/mol. The second-order valence-corrected chi connectivity index (χ2v) is 11.9. The van der Waals surface area contributed by atoms with E-state index in [1.54, 1.807) is 18.2 Å². The van der Waals surface area contributed by atoms with Crippen LogP contribution in [-0.4, -0.2) is 67.4 Å². The van der Waals surface area contributed by atoms with Crippen molar-refractivity contribution in [2.24, 2.45) is 5.92 Å². The molecule has 12 heteroatoms. The highest BCUT2D eigenvalue weighted by Gasteiger charge is 2.35. The molecule has 1 heterocycles. The fourth-order valence-corrected chi connectivity index (χ4v) is 6.54. The number of aryl methyl sites for hydroxylation is 1. The quantitative estimate of drug-likeness (QED) is 0.450. The maximum absolute atomic E-state index is 13.3. The number of hydrogen-bond donors (Lipinski definition) is 2. The average Bonchev–Trinajstić information content (AvgIpc) is 2.86. The van der Waals surface area contributed by atoms with Crippen LogP contribution < -0.4 is 19.5 Å². The lowest BCUT2D eigenvalue weighted by Crippen LogP contribution is -2.46. The van der Waals surface area contributed by atoms with Crippen molar-refractivity contribution in [3.8, 4) is 11.5 Å². The minimum absolute atomic E-state index is 0.0116. The van der Waals surface area contributed by atoms with Crippen molar-refractivity contribution < 1.29 is 31.1 Å². The van der Waals surface area contributed by atoms with E-state index < -0.39 is 26.0 Å². The van der Waals surface area contributed by atoms with Crippen molar-refractivity contribution in [3.63, 3.8) is 0 Å². The second kappa shape index (κ2) is 11.4. The Hall–Kier alpha value is -2.67. The van der Waals surface area contributed by atoms with Crippen molar-refractivity contribution in [3.05, 3.63) is 48.0 Å². The van der Waals surface area contributed by atoms with Crippen molar-refractivity contribution in [2.45, 2.75) is 29.6 Å². The summed E-state index contributed by atoms with van der Waals surface area (Å²) in [6.07, 6.45) is 1.05. The lowest BCUT2D eigenvalue weighted by molar-refractivity contribution is -0.126. The van der Waals surface area contributed by atoms with Gasteiger partial charge in [-0.2, -0.15) is 4.31 Å². The van der Waals surface area contributed by atoms with Gasteiger partial charge in [0, 0.05) is 32.2 Å². The maximum atomic E-state index is 13.3. The number of piperidine rings is 1. The largest absolute Gasteiger partial charge is 0.497 e. The third-order valence-corrected chi connectivity index (χ3v) is 9.15. The highest BCUT2D eigenvalue weighted by Crippen LogP contribution is 2.32. The predicted octanol–water partition coefficient (Wildman–Crippen LogP) is 1.51. The third kappa shape index (κ3) is 6.51. The number of ether oxygens (including phenoxy) is 2. The summed E-state index contributed by atoms with van der Waals surface area (Å²) in [5.41, 5.74) is 0.949. The molecule has 192 valence electrons. The molecule has 0 saturated carbocycles. The SMILES string of the molecule is COc1ccc(OC)c(S(=O)(=O)N2CCC[C@@H](C(=O)NCCNS(=O)(=O)c3ccc(C)cc3)C2)c1. The molecule has 0 bridgehead atoms. The second-order valence-electron chi connectivity index (χ2n) is 8.22. The van der Waals surface area contributed by atoms with E-state index in [4.69, 9.17) is 9.47 Å². The Balaban J connectivity index is 1.59. The Morgan fingerprint density at radius 2 is 1.74 bits per heavy atom. The van der Waals surface area contributed by atoms with Gasteiger partial charge < -0.3 is 14.8 Å². The molecule has 1 fully saturated rings. The van der Waals surface area contributed by atoms with E-state index in [-0.39, 0.29) is 47.6 Å². The molecular weight excluding hydrogens is 494 g/mol. The van der Waals surface area contributed by atoms with Crippen LogP contribution in [0.4, 0.5) is 0 Å². The van der Waals surface area contributed by atoms with E-state index in [1.807, 2.05) is 6.92 Å². The molecule has 10 nitrogen and oxygen atoms in total. The number of nitrogens with zero attached hydrogens (tertiary/aromatic N) is 1. The molecule has 1 amide bonds. The summed E-state index contributed by atoms with van der Waals surface area (Å²) in [6, 6.07) is 11.0. The normalized spacial score (nSPS) is 17.1. The zero-order chi connectivity index (χ0) is 25.6. The van der Waals surface area contributed by atoms with Gasteiger partial charge in [0.1, 0.15) is 16.4 Å². The number of benzene rings is 2. The minimum atomic E-state index is -3.93. The zero-order valence-corrected chi connectivity index (χ0v) is 21.6. The molecule has 2 aromatic carbocycles. The first-order chi connectivity index (χ1) is 16.6. The Labute approximate surface area is 206 Å². The Morgan fingerprint density at radius 1 is 1.03 bits per heavy atom. The van der Waals surface area contributed by atoms with Crippen LogP contribution in [-0.2, 0) is 24.8 Å². The molecule has 1 saturated heterocycles. The van der Waals surface area contributed by atoms with E-state index in [2.05, 4.69) is 10.0 Å². The van der Waals surface area contributed by atoms with Gasteiger partial charge in [0.2, 0.25) is 26.0 Å². The first kappa shape index (κ1) is 26.9. The average molecular weight is 526 g/mol. The highest BCUT2D eigenvalue weighted by molar-refractivity contribution is 7.89. The number of carbonyl (C=O) groups excluding carboxylic acids is 1. The summed E-state index contributed by atoms with van der Waals surface area (Å²) in [5.74, 6) is -0.303. The van der Waals surface area contributed by atoms with Gasteiger partial charge in [-0.15, -0.1) is 0 Å². The third-order valence-electron chi connectivity index (χ3n) is 5.79. The van der Waals surface area contributed by atoms with Crippen LogP contribution in [0, 0.1) is 12.8 Å². The number of nitrogens with one attached hydrogen (secondary N) is 2. The Bertz CT molecular complexity index is 1250. The smallest absolute Gasteiger partial charge is 0.246 e. The molecule has 1 atom stereocenters. The van der Waals surface area contributed by atoms with Gasteiger partial charge in [-0.1, -0.05) is 17.7 Å². The fraction of sp³-hybridized carbons (Fsp3) is 0.435. The van der Waals surface area contributed by atoms with E-state index in [1.165, 1.54) is 42.8 Å². The molecule has 0 spiro atoms. The standard InChI is InChI=1S/C23H31N3O7S2/c1-17-6-9-20(10-7-17)34(28,29)25-13-12-24-23(27)18-5-4-14-26(16-18)35(30,31)22-15-19(32-2)8-11-21(22)33-3/h6-11,15,18,25H,4-5,12-14,16H2,1-3H3,(H,24,27)/t18-/m1/s1. The number of rotatable bonds is 10. The molecule has 3 rings (SSSR count). The van der Waals surface area contributed by atoms with Crippen molar-refractivity contribution >= 4 is 26.0 Å². The molecule has 1 aliphatic heterocycles. The summed E-state index contributed by atoms with van der Waals surface area (Å²) in [5, 5.41) is 2.71. The number of methoxy groups -OCH3 is 2. The molecule has 0 aromatic heterocycles. The van der Waals surface area contributed by atoms with Crippen LogP contribution in [0.3, 0.4) is 0 Å². The van der Waals surface area contributed by atoms with Gasteiger partial charge in [0.05, 0.1) is 25.0 Å². The topological polar surface area (TPSA) is 131 Å². The van der Waals surface area contributed by atoms with E-state index in [0.717, 1.165) is 5.56 Å². The van der Waals surface area contributed by atoms with E-state index >= 15 is 0 Å². The van der Waals surface area contributed by atoms with Crippen molar-refractivity contribution in [1.29, 1.82) is 0 Å². The highest BCUT2D eigenvalue weighted by atomic mass is 32.2. The molecule has 2 aromatic rings. The van der Waals surface area contributed by atoms with Crippen LogP contribution in [0.2, 0.25) is 0 Å². The fourth-order valence-electron chi connectivity index (χ4n) is 3.82. The summed E-state index contributed by atoms with van der Waals surface area (Å²) < 4.78 is 65.5. The van der Waals surface area contributed by atoms with Crippen LogP contribution in [0.1, 0.15) is 18.4 Å². The van der Waals surface area contributed by atoms with Crippen LogP contribution >= 0.6 is 0 Å². The van der Waals surface area contributed by atoms with Gasteiger partial charge in [-0.25, -0.2) is 21.6 Å². The summed E-state index contributed by atoms with van der Waals surface area (Å²) >= 11 is 0. The molecule has 0 radical (unpaired) electrons. The number of carbonyl (C=O) groups is 1. The Kier molecular flexibility index (Phi) is 8.75. The van der Waals surface area contributed by atoms with Gasteiger partial charge in [0.15, 0.2) is 0 Å². The van der Waals surface area contributed by atoms with E-state index in [9.17, 15) is 21.6 Å². The monoisotopic (exact) mass is 525 g/mol. The van der Waals surface area contributed by atoms with Crippen LogP contribution in [0.15, 0.2) is 52.3 Å². The number of amides is 1. The zero-order valence-electron chi connectivity index (χ0n) is 20.0. The molecular formula is C23H31N3O7S2. The molecule has 1 aliphatic rings. The summed E-state index contributed by atoms with van der Waals surface area (Å²) in [4.78, 5) is 12.8. The molecule has 2 N–H and O–H groups in total. The van der Waals surface area contributed by atoms with E-state index in [0.29, 0.717) is 18.6 Å². The summed E-state index contributed by atoms with van der Waals surface area (Å²) in [6.45, 7) is 2.26. The van der Waals surface area contributed by atoms with Gasteiger partial charge in [0.25, 0.3) is 0 Å². The lowest BCUT2D eigenvalue weighted by atomic mass is 9.99. The maximum Gasteiger partial charge on any atom is 0.246 e. The minimum Gasteiger partial charge on any atom is -0.497 e. The number of sulfonamides is 2. The van der Waals surface area contributed by atoms with Gasteiger partial charge >= 0.3 is 0 Å². The first-order valence-electron chi connectivity index (χ1n) is 11.1. The van der Waals surface area contributed by atoms with Crippen LogP contribution in [0.5, 0.6) is 11.5 Å². The molecule has 0 unspecified atom stereocenters. The Morgan fingerprint density at radius 3 is 2.40 bits per heavy atom. The lowest BCUT2D eigenvalue weighted by Gasteiger charge is -2.31. The van der Waals surface area contributed by atoms with Gasteiger partial charge in [-0.05, 0) is 44.0 Å². The van der Waals surface area contributed by atoms with Crippen molar-refractivity contribution in [2.75, 3.05) is 40.4 Å². The molecule has 0 aliphatic carbocycles. The molecule has 35 heavy (non-hydrogen) atoms. The number of hydrogen-bond acceptors (Lipinski definition) is 7. The van der Waals surface area contributed by atoms with Crippen LogP contribution in [0.25, 0.3) is 0 Å². The first-order valence-corrected chi connectivity index (χ1v) is 14.1. The van der Waals surface area contributed by atoms with Crippen molar-refractivity contribution in [1.82, 2.24) is 14.3 Å². The summed E-state index contributed by atoms with van der Waals surface area (Å²) in [7, 11) is -4.77. The van der Waals surface area contributed by atoms with Gasteiger partial charge in [-0.3, -0.25) is 4.79 Å².